The second-order valence-corrected chi connectivity index (χ2v) is 5.21. The lowest BCUT2D eigenvalue weighted by molar-refractivity contribution is 0.552. The van der Waals surface area contributed by atoms with Crippen molar-refractivity contribution in [3.63, 3.8) is 0 Å². The number of nitrogens with one attached hydrogen (secondary N) is 1. The second kappa shape index (κ2) is 6.35. The van der Waals surface area contributed by atoms with E-state index in [0.29, 0.717) is 11.4 Å². The minimum atomic E-state index is -0.0435. The first kappa shape index (κ1) is 14.3. The average Bonchev–Trinajstić information content (AvgIpc) is 2.41. The van der Waals surface area contributed by atoms with Crippen LogP contribution in [0.1, 0.15) is 22.7 Å². The number of rotatable bonds is 4. The van der Waals surface area contributed by atoms with Gasteiger partial charge in [-0.3, -0.25) is 16.3 Å². The standard InChI is InChI=1S/C14H15Cl2N3/c1-9-2-3-11(6-12(9)15)14(19-17)7-10-4-5-18-8-13(10)16/h2-6,8,14,19H,7,17H2,1H3. The van der Waals surface area contributed by atoms with Crippen LogP contribution in [0, 0.1) is 6.92 Å². The molecule has 2 aromatic rings. The van der Waals surface area contributed by atoms with Crippen LogP contribution in [0.3, 0.4) is 0 Å². The summed E-state index contributed by atoms with van der Waals surface area (Å²) in [5, 5.41) is 1.37. The van der Waals surface area contributed by atoms with Gasteiger partial charge in [0.25, 0.3) is 0 Å². The molecule has 0 saturated carbocycles. The van der Waals surface area contributed by atoms with Crippen LogP contribution in [0.2, 0.25) is 10.0 Å². The molecule has 0 aliphatic heterocycles. The first-order valence-electron chi connectivity index (χ1n) is 5.92. The summed E-state index contributed by atoms with van der Waals surface area (Å²) in [5.41, 5.74) is 5.88. The van der Waals surface area contributed by atoms with Crippen molar-refractivity contribution in [2.75, 3.05) is 0 Å². The summed E-state index contributed by atoms with van der Waals surface area (Å²) in [5.74, 6) is 5.64. The molecule has 0 aliphatic rings. The molecule has 0 saturated heterocycles. The summed E-state index contributed by atoms with van der Waals surface area (Å²) in [6.07, 6.45) is 4.03. The van der Waals surface area contributed by atoms with Gasteiger partial charge in [-0.2, -0.15) is 0 Å². The Morgan fingerprint density at radius 2 is 2.05 bits per heavy atom. The average molecular weight is 296 g/mol. The predicted molar refractivity (Wildman–Crippen MR) is 79.2 cm³/mol. The molecule has 1 aromatic heterocycles. The first-order valence-corrected chi connectivity index (χ1v) is 6.68. The Hall–Kier alpha value is -1.13. The van der Waals surface area contributed by atoms with E-state index in [-0.39, 0.29) is 6.04 Å². The van der Waals surface area contributed by atoms with Crippen molar-refractivity contribution in [2.24, 2.45) is 5.84 Å². The van der Waals surface area contributed by atoms with Gasteiger partial charge in [-0.05, 0) is 42.2 Å². The fourth-order valence-corrected chi connectivity index (χ4v) is 2.27. The van der Waals surface area contributed by atoms with Crippen LogP contribution in [0.25, 0.3) is 0 Å². The lowest BCUT2D eigenvalue weighted by atomic mass is 9.99. The van der Waals surface area contributed by atoms with Crippen LogP contribution in [0.15, 0.2) is 36.7 Å². The van der Waals surface area contributed by atoms with E-state index < -0.39 is 0 Å². The number of pyridine rings is 1. The number of hydrogen-bond donors (Lipinski definition) is 2. The van der Waals surface area contributed by atoms with E-state index in [1.165, 1.54) is 0 Å². The van der Waals surface area contributed by atoms with E-state index in [4.69, 9.17) is 29.0 Å². The molecule has 2 rings (SSSR count). The molecule has 19 heavy (non-hydrogen) atoms. The molecular weight excluding hydrogens is 281 g/mol. The number of nitrogens with two attached hydrogens (primary N) is 1. The molecule has 0 amide bonds. The first-order chi connectivity index (χ1) is 9.11. The van der Waals surface area contributed by atoms with Crippen LogP contribution in [-0.4, -0.2) is 4.98 Å². The van der Waals surface area contributed by atoms with E-state index in [2.05, 4.69) is 10.4 Å². The van der Waals surface area contributed by atoms with E-state index >= 15 is 0 Å². The van der Waals surface area contributed by atoms with Gasteiger partial charge in [0.1, 0.15) is 0 Å². The molecule has 3 N–H and O–H groups in total. The number of benzene rings is 1. The molecule has 1 atom stereocenters. The topological polar surface area (TPSA) is 50.9 Å². The Balaban J connectivity index is 2.25. The molecule has 5 heteroatoms. The molecule has 3 nitrogen and oxygen atoms in total. The summed E-state index contributed by atoms with van der Waals surface area (Å²) >= 11 is 12.3. The Morgan fingerprint density at radius 3 is 2.68 bits per heavy atom. The summed E-state index contributed by atoms with van der Waals surface area (Å²) in [6, 6.07) is 7.77. The summed E-state index contributed by atoms with van der Waals surface area (Å²) < 4.78 is 0. The van der Waals surface area contributed by atoms with E-state index in [0.717, 1.165) is 21.7 Å². The maximum absolute atomic E-state index is 6.14. The Bertz CT molecular complexity index is 572. The maximum Gasteiger partial charge on any atom is 0.0622 e. The van der Waals surface area contributed by atoms with Crippen molar-refractivity contribution >= 4 is 23.2 Å². The lowest BCUT2D eigenvalue weighted by Gasteiger charge is -2.17. The highest BCUT2D eigenvalue weighted by atomic mass is 35.5. The molecule has 100 valence electrons. The van der Waals surface area contributed by atoms with Crippen LogP contribution in [0.4, 0.5) is 0 Å². The normalized spacial score (nSPS) is 12.4. The predicted octanol–water partition coefficient (Wildman–Crippen LogP) is 3.44. The van der Waals surface area contributed by atoms with Gasteiger partial charge < -0.3 is 0 Å². The van der Waals surface area contributed by atoms with Gasteiger partial charge in [0.15, 0.2) is 0 Å². The Labute approximate surface area is 122 Å². The van der Waals surface area contributed by atoms with E-state index in [1.807, 2.05) is 31.2 Å². The third-order valence-electron chi connectivity index (χ3n) is 3.08. The molecule has 1 aromatic carbocycles. The van der Waals surface area contributed by atoms with Crippen LogP contribution in [0.5, 0.6) is 0 Å². The molecule has 0 bridgehead atoms. The monoisotopic (exact) mass is 295 g/mol. The number of aromatic nitrogens is 1. The maximum atomic E-state index is 6.14. The quantitative estimate of drug-likeness (QED) is 0.671. The van der Waals surface area contributed by atoms with Gasteiger partial charge in [-0.15, -0.1) is 0 Å². The third kappa shape index (κ3) is 3.45. The third-order valence-corrected chi connectivity index (χ3v) is 3.83. The van der Waals surface area contributed by atoms with Gasteiger partial charge in [0.05, 0.1) is 11.1 Å². The van der Waals surface area contributed by atoms with Gasteiger partial charge >= 0.3 is 0 Å². The molecular formula is C14H15Cl2N3. The number of aryl methyl sites for hydroxylation is 1. The fourth-order valence-electron chi connectivity index (χ4n) is 1.89. The zero-order valence-electron chi connectivity index (χ0n) is 10.5. The molecule has 0 radical (unpaired) electrons. The molecule has 1 unspecified atom stereocenters. The molecule has 0 fully saturated rings. The fraction of sp³-hybridized carbons (Fsp3) is 0.214. The van der Waals surface area contributed by atoms with Gasteiger partial charge in [-0.1, -0.05) is 35.3 Å². The zero-order chi connectivity index (χ0) is 13.8. The summed E-state index contributed by atoms with van der Waals surface area (Å²) in [4.78, 5) is 3.97. The lowest BCUT2D eigenvalue weighted by Crippen LogP contribution is -2.29. The van der Waals surface area contributed by atoms with Crippen molar-refractivity contribution in [1.82, 2.24) is 10.4 Å². The Kier molecular flexibility index (Phi) is 4.77. The van der Waals surface area contributed by atoms with Crippen molar-refractivity contribution < 1.29 is 0 Å². The summed E-state index contributed by atoms with van der Waals surface area (Å²) in [6.45, 7) is 1.97. The number of hydrazine groups is 1. The highest BCUT2D eigenvalue weighted by Crippen LogP contribution is 2.25. The summed E-state index contributed by atoms with van der Waals surface area (Å²) in [7, 11) is 0. The smallest absolute Gasteiger partial charge is 0.0622 e. The molecule has 1 heterocycles. The molecule has 0 aliphatic carbocycles. The van der Waals surface area contributed by atoms with Crippen molar-refractivity contribution in [2.45, 2.75) is 19.4 Å². The highest BCUT2D eigenvalue weighted by Gasteiger charge is 2.13. The minimum absolute atomic E-state index is 0.0435. The second-order valence-electron chi connectivity index (χ2n) is 4.40. The van der Waals surface area contributed by atoms with Crippen LogP contribution < -0.4 is 11.3 Å². The van der Waals surface area contributed by atoms with Crippen LogP contribution in [-0.2, 0) is 6.42 Å². The Morgan fingerprint density at radius 1 is 1.26 bits per heavy atom. The SMILES string of the molecule is Cc1ccc(C(Cc2ccncc2Cl)NN)cc1Cl. The number of nitrogens with zero attached hydrogens (tertiary/aromatic N) is 1. The molecule has 0 spiro atoms. The van der Waals surface area contributed by atoms with Crippen molar-refractivity contribution in [3.05, 3.63) is 63.4 Å². The van der Waals surface area contributed by atoms with E-state index in [1.54, 1.807) is 12.4 Å². The number of halogens is 2. The largest absolute Gasteiger partial charge is 0.271 e. The number of hydrogen-bond acceptors (Lipinski definition) is 3. The van der Waals surface area contributed by atoms with Crippen molar-refractivity contribution in [1.29, 1.82) is 0 Å². The van der Waals surface area contributed by atoms with Gasteiger partial charge in [0, 0.05) is 17.4 Å². The highest BCUT2D eigenvalue weighted by molar-refractivity contribution is 6.31. The zero-order valence-corrected chi connectivity index (χ0v) is 12.0. The van der Waals surface area contributed by atoms with Crippen molar-refractivity contribution in [3.8, 4) is 0 Å². The van der Waals surface area contributed by atoms with E-state index in [9.17, 15) is 0 Å². The van der Waals surface area contributed by atoms with Crippen LogP contribution >= 0.6 is 23.2 Å². The van der Waals surface area contributed by atoms with Gasteiger partial charge in [0.2, 0.25) is 0 Å². The van der Waals surface area contributed by atoms with Gasteiger partial charge in [-0.25, -0.2) is 0 Å². The minimum Gasteiger partial charge on any atom is -0.271 e.